The van der Waals surface area contributed by atoms with E-state index in [0.29, 0.717) is 11.7 Å². The number of nitrogen functional groups attached to an aromatic ring is 1. The highest BCUT2D eigenvalue weighted by molar-refractivity contribution is 8.01. The lowest BCUT2D eigenvalue weighted by molar-refractivity contribution is 0.735. The summed E-state index contributed by atoms with van der Waals surface area (Å²) < 4.78 is 2.83. The molecule has 2 heterocycles. The monoisotopic (exact) mass is 267 g/mol. The summed E-state index contributed by atoms with van der Waals surface area (Å²) in [6.07, 6.45) is 1.80. The van der Waals surface area contributed by atoms with Crippen LogP contribution in [0, 0.1) is 6.92 Å². The van der Waals surface area contributed by atoms with E-state index in [1.165, 1.54) is 11.3 Å². The van der Waals surface area contributed by atoms with Crippen molar-refractivity contribution in [2.45, 2.75) is 17.7 Å². The Morgan fingerprint density at radius 1 is 1.53 bits per heavy atom. The first-order chi connectivity index (χ1) is 8.16. The van der Waals surface area contributed by atoms with Gasteiger partial charge in [0.1, 0.15) is 0 Å². The van der Waals surface area contributed by atoms with E-state index < -0.39 is 0 Å². The molecule has 0 aliphatic rings. The van der Waals surface area contributed by atoms with Gasteiger partial charge < -0.3 is 10.3 Å². The van der Waals surface area contributed by atoms with Gasteiger partial charge in [-0.15, -0.1) is 11.8 Å². The van der Waals surface area contributed by atoms with E-state index in [9.17, 15) is 4.79 Å². The highest BCUT2D eigenvalue weighted by atomic mass is 32.2. The van der Waals surface area contributed by atoms with E-state index in [-0.39, 0.29) is 5.56 Å². The fraction of sp³-hybridized carbons (Fsp3) is 0.273. The average molecular weight is 267 g/mol. The van der Waals surface area contributed by atoms with Gasteiger partial charge in [-0.1, -0.05) is 17.4 Å². The molecule has 0 unspecified atom stereocenters. The third-order valence-electron chi connectivity index (χ3n) is 2.23. The Bertz CT molecular complexity index is 562. The van der Waals surface area contributed by atoms with Crippen LogP contribution in [0.2, 0.25) is 0 Å². The van der Waals surface area contributed by atoms with E-state index in [2.05, 4.69) is 4.98 Å². The van der Waals surface area contributed by atoms with Crippen LogP contribution in [0.4, 0.5) is 5.13 Å². The van der Waals surface area contributed by atoms with Crippen molar-refractivity contribution in [3.63, 3.8) is 0 Å². The van der Waals surface area contributed by atoms with Crippen LogP contribution < -0.4 is 11.3 Å². The van der Waals surface area contributed by atoms with Gasteiger partial charge in [0.05, 0.1) is 9.90 Å². The van der Waals surface area contributed by atoms with Gasteiger partial charge in [0.25, 0.3) is 5.56 Å². The van der Waals surface area contributed by atoms with Gasteiger partial charge in [0.15, 0.2) is 5.13 Å². The summed E-state index contributed by atoms with van der Waals surface area (Å²) in [6, 6.07) is 5.18. The number of thioether (sulfide) groups is 1. The average Bonchev–Trinajstić information content (AvgIpc) is 2.60. The molecule has 17 heavy (non-hydrogen) atoms. The molecule has 2 aromatic rings. The number of pyridine rings is 1. The molecule has 2 N–H and O–H groups in total. The Balaban J connectivity index is 1.94. The first-order valence-electron chi connectivity index (χ1n) is 5.18. The molecule has 0 bridgehead atoms. The Morgan fingerprint density at radius 2 is 2.35 bits per heavy atom. The van der Waals surface area contributed by atoms with Crippen LogP contribution >= 0.6 is 23.1 Å². The van der Waals surface area contributed by atoms with Crippen molar-refractivity contribution >= 4 is 28.2 Å². The van der Waals surface area contributed by atoms with Gasteiger partial charge in [-0.2, -0.15) is 0 Å². The lowest BCUT2D eigenvalue weighted by Crippen LogP contribution is -2.18. The fourth-order valence-electron chi connectivity index (χ4n) is 1.42. The van der Waals surface area contributed by atoms with Crippen LogP contribution in [0.5, 0.6) is 0 Å². The SMILES string of the molecule is Cc1nc(N)sc1SCCn1ccccc1=O. The first-order valence-corrected chi connectivity index (χ1v) is 6.98. The second kappa shape index (κ2) is 5.37. The number of hydrogen-bond acceptors (Lipinski definition) is 5. The molecule has 2 rings (SSSR count). The maximum Gasteiger partial charge on any atom is 0.250 e. The van der Waals surface area contributed by atoms with Crippen molar-refractivity contribution in [1.29, 1.82) is 0 Å². The van der Waals surface area contributed by atoms with Crippen LogP contribution in [0.1, 0.15) is 5.69 Å². The zero-order valence-electron chi connectivity index (χ0n) is 9.42. The molecule has 0 saturated carbocycles. The second-order valence-corrected chi connectivity index (χ2v) is 5.90. The molecule has 0 radical (unpaired) electrons. The summed E-state index contributed by atoms with van der Waals surface area (Å²) in [7, 11) is 0. The fourth-order valence-corrected chi connectivity index (χ4v) is 3.45. The Labute approximate surface area is 107 Å². The second-order valence-electron chi connectivity index (χ2n) is 3.51. The topological polar surface area (TPSA) is 60.9 Å². The molecule has 6 heteroatoms. The molecule has 0 aliphatic heterocycles. The predicted molar refractivity (Wildman–Crippen MR) is 72.7 cm³/mol. The number of nitrogens with zero attached hydrogens (tertiary/aromatic N) is 2. The van der Waals surface area contributed by atoms with Crippen molar-refractivity contribution in [2.24, 2.45) is 0 Å². The number of aromatic nitrogens is 2. The molecular formula is C11H13N3OS2. The number of nitrogens with two attached hydrogens (primary N) is 1. The van der Waals surface area contributed by atoms with Gasteiger partial charge in [-0.25, -0.2) is 4.98 Å². The molecule has 2 aromatic heterocycles. The molecule has 0 atom stereocenters. The minimum atomic E-state index is 0.0358. The van der Waals surface area contributed by atoms with Gasteiger partial charge in [-0.05, 0) is 13.0 Å². The molecule has 0 saturated heterocycles. The van der Waals surface area contributed by atoms with Crippen molar-refractivity contribution < 1.29 is 0 Å². The number of thiazole rings is 1. The summed E-state index contributed by atoms with van der Waals surface area (Å²) in [5.41, 5.74) is 6.63. The third-order valence-corrected chi connectivity index (χ3v) is 4.56. The maximum atomic E-state index is 11.5. The number of rotatable bonds is 4. The highest BCUT2D eigenvalue weighted by Crippen LogP contribution is 2.30. The normalized spacial score (nSPS) is 10.6. The summed E-state index contributed by atoms with van der Waals surface area (Å²) in [5.74, 6) is 0.840. The predicted octanol–water partition coefficient (Wildman–Crippen LogP) is 1.99. The molecular weight excluding hydrogens is 254 g/mol. The van der Waals surface area contributed by atoms with Crippen LogP contribution in [0.3, 0.4) is 0 Å². The summed E-state index contributed by atoms with van der Waals surface area (Å²) in [4.78, 5) is 15.6. The Hall–Kier alpha value is -1.27. The summed E-state index contributed by atoms with van der Waals surface area (Å²) in [5, 5.41) is 0.599. The lowest BCUT2D eigenvalue weighted by Gasteiger charge is -2.03. The van der Waals surface area contributed by atoms with Gasteiger partial charge in [0, 0.05) is 24.6 Å². The molecule has 0 amide bonds. The van der Waals surface area contributed by atoms with Crippen molar-refractivity contribution in [2.75, 3.05) is 11.5 Å². The number of hydrogen-bond donors (Lipinski definition) is 1. The zero-order valence-corrected chi connectivity index (χ0v) is 11.1. The van der Waals surface area contributed by atoms with Crippen LogP contribution in [0.15, 0.2) is 33.4 Å². The highest BCUT2D eigenvalue weighted by Gasteiger charge is 2.05. The van der Waals surface area contributed by atoms with E-state index in [0.717, 1.165) is 15.7 Å². The Kier molecular flexibility index (Phi) is 3.86. The van der Waals surface area contributed by atoms with Crippen molar-refractivity contribution in [3.8, 4) is 0 Å². The summed E-state index contributed by atoms with van der Waals surface area (Å²) in [6.45, 7) is 2.64. The van der Waals surface area contributed by atoms with Crippen molar-refractivity contribution in [1.82, 2.24) is 9.55 Å². The number of aryl methyl sites for hydroxylation is 2. The summed E-state index contributed by atoms with van der Waals surface area (Å²) >= 11 is 3.18. The molecule has 0 aliphatic carbocycles. The van der Waals surface area contributed by atoms with E-state index in [1.807, 2.05) is 13.0 Å². The van der Waals surface area contributed by atoms with E-state index in [4.69, 9.17) is 5.73 Å². The quantitative estimate of drug-likeness (QED) is 0.861. The molecule has 0 spiro atoms. The molecule has 90 valence electrons. The zero-order chi connectivity index (χ0) is 12.3. The minimum absolute atomic E-state index is 0.0358. The van der Waals surface area contributed by atoms with Crippen LogP contribution in [-0.4, -0.2) is 15.3 Å². The van der Waals surface area contributed by atoms with Crippen LogP contribution in [0.25, 0.3) is 0 Å². The largest absolute Gasteiger partial charge is 0.375 e. The molecule has 0 aromatic carbocycles. The standard InChI is InChI=1S/C11H13N3OS2/c1-8-10(17-11(12)13-8)16-7-6-14-5-3-2-4-9(14)15/h2-5H,6-7H2,1H3,(H2,12,13). The lowest BCUT2D eigenvalue weighted by atomic mass is 10.5. The third kappa shape index (κ3) is 3.10. The smallest absolute Gasteiger partial charge is 0.250 e. The molecule has 0 fully saturated rings. The minimum Gasteiger partial charge on any atom is -0.375 e. The Morgan fingerprint density at radius 3 is 3.00 bits per heavy atom. The number of anilines is 1. The van der Waals surface area contributed by atoms with Crippen LogP contribution in [-0.2, 0) is 6.54 Å². The van der Waals surface area contributed by atoms with Gasteiger partial charge in [0.2, 0.25) is 0 Å². The van der Waals surface area contributed by atoms with Crippen molar-refractivity contribution in [3.05, 3.63) is 40.4 Å². The van der Waals surface area contributed by atoms with Gasteiger partial charge in [-0.3, -0.25) is 4.79 Å². The maximum absolute atomic E-state index is 11.5. The van der Waals surface area contributed by atoms with E-state index in [1.54, 1.807) is 34.7 Å². The molecule has 4 nitrogen and oxygen atoms in total. The first kappa shape index (κ1) is 12.2. The van der Waals surface area contributed by atoms with Gasteiger partial charge >= 0.3 is 0 Å². The van der Waals surface area contributed by atoms with E-state index >= 15 is 0 Å².